The minimum atomic E-state index is -0.903. The van der Waals surface area contributed by atoms with Gasteiger partial charge in [0.2, 0.25) is 0 Å². The zero-order chi connectivity index (χ0) is 33.4. The van der Waals surface area contributed by atoms with Gasteiger partial charge < -0.3 is 24.9 Å². The number of unbranched alkanes of at least 4 members (excludes halogenated alkanes) is 28. The van der Waals surface area contributed by atoms with Gasteiger partial charge in [-0.2, -0.15) is 0 Å². The normalized spacial score (nSPS) is 10.2. The van der Waals surface area contributed by atoms with E-state index in [0.29, 0.717) is 0 Å². The fourth-order valence-corrected chi connectivity index (χ4v) is 5.28. The standard InChI is InChI=1S/2C18H36O2.C2H4O2.Mg/c2*1-2-3-4-5-6-7-8-9-10-11-12-13-14-15-16-17-18(19)20;1-2(3)4;/h2*2-17H2,1H3,(H,19,20);1H3,(H,3,4);/q;;;+2/p-2. The van der Waals surface area contributed by atoms with Gasteiger partial charge in [0.1, 0.15) is 0 Å². The van der Waals surface area contributed by atoms with E-state index in [-0.39, 0.29) is 35.9 Å². The van der Waals surface area contributed by atoms with E-state index < -0.39 is 17.9 Å². The monoisotopic (exact) mass is 651 g/mol. The molecule has 0 aromatic rings. The van der Waals surface area contributed by atoms with Crippen LogP contribution >= 0.6 is 0 Å². The molecule has 0 fully saturated rings. The molecule has 7 heteroatoms. The number of carbonyl (C=O) groups excluding carboxylic acids is 2. The molecule has 264 valence electrons. The van der Waals surface area contributed by atoms with E-state index in [1.54, 1.807) is 0 Å². The Morgan fingerprint density at radius 1 is 0.378 bits per heavy atom. The molecular weight excluding hydrogens is 577 g/mol. The van der Waals surface area contributed by atoms with Crippen molar-refractivity contribution in [2.75, 3.05) is 0 Å². The fraction of sp³-hybridized carbons (Fsp3) is 0.921. The van der Waals surface area contributed by atoms with Crippen LogP contribution in [0.2, 0.25) is 0 Å². The molecule has 0 aromatic heterocycles. The van der Waals surface area contributed by atoms with Gasteiger partial charge in [-0.05, 0) is 25.7 Å². The first-order chi connectivity index (χ1) is 21.3. The summed E-state index contributed by atoms with van der Waals surface area (Å²) in [4.78, 5) is 29.4. The Kier molecular flexibility index (Phi) is 53.9. The van der Waals surface area contributed by atoms with E-state index >= 15 is 0 Å². The molecule has 0 aliphatic rings. The number of carbonyl (C=O) groups is 3. The molecule has 45 heavy (non-hydrogen) atoms. The predicted octanol–water partition coefficient (Wildman–Crippen LogP) is 9.71. The van der Waals surface area contributed by atoms with Crippen LogP contribution in [0.25, 0.3) is 0 Å². The molecule has 0 aromatic carbocycles. The molecule has 0 rings (SSSR count). The summed E-state index contributed by atoms with van der Waals surface area (Å²) in [7, 11) is 0. The number of carboxylic acids is 3. The molecule has 0 amide bonds. The Balaban J connectivity index is -0.000000327. The third-order valence-corrected chi connectivity index (χ3v) is 7.97. The van der Waals surface area contributed by atoms with Crippen LogP contribution in [0.5, 0.6) is 0 Å². The number of aliphatic carboxylic acids is 3. The average Bonchev–Trinajstić information content (AvgIpc) is 2.97. The zero-order valence-electron chi connectivity index (χ0n) is 30.3. The van der Waals surface area contributed by atoms with Gasteiger partial charge in [-0.25, -0.2) is 0 Å². The molecule has 0 spiro atoms. The number of hydrogen-bond donors (Lipinski definition) is 1. The van der Waals surface area contributed by atoms with Gasteiger partial charge in [-0.15, -0.1) is 0 Å². The van der Waals surface area contributed by atoms with E-state index in [4.69, 9.17) is 9.90 Å². The van der Waals surface area contributed by atoms with E-state index in [0.717, 1.165) is 32.6 Å². The first-order valence-corrected chi connectivity index (χ1v) is 18.9. The van der Waals surface area contributed by atoms with Crippen molar-refractivity contribution in [3.05, 3.63) is 0 Å². The van der Waals surface area contributed by atoms with Crippen LogP contribution in [0.3, 0.4) is 0 Å². The summed E-state index contributed by atoms with van der Waals surface area (Å²) in [6, 6.07) is 0. The molecule has 1 N–H and O–H groups in total. The molecule has 0 radical (unpaired) electrons. The summed E-state index contributed by atoms with van der Waals surface area (Å²) in [5, 5.41) is 27.9. The Hall–Kier alpha value is -0.824. The van der Waals surface area contributed by atoms with Crippen molar-refractivity contribution in [2.24, 2.45) is 0 Å². The Morgan fingerprint density at radius 3 is 0.644 bits per heavy atom. The minimum absolute atomic E-state index is 0. The van der Waals surface area contributed by atoms with E-state index in [2.05, 4.69) is 13.8 Å². The second-order valence-electron chi connectivity index (χ2n) is 12.7. The Labute approximate surface area is 295 Å². The maximum atomic E-state index is 10.2. The molecule has 0 bridgehead atoms. The summed E-state index contributed by atoms with van der Waals surface area (Å²) >= 11 is 0. The molecule has 0 aliphatic heterocycles. The second kappa shape index (κ2) is 47.6. The quantitative estimate of drug-likeness (QED) is 0.0572. The van der Waals surface area contributed by atoms with E-state index in [1.807, 2.05) is 0 Å². The van der Waals surface area contributed by atoms with Gasteiger partial charge >= 0.3 is 23.1 Å². The summed E-state index contributed by atoms with van der Waals surface area (Å²) in [5.41, 5.74) is 0. The molecule has 0 saturated carbocycles. The third-order valence-electron chi connectivity index (χ3n) is 7.97. The average molecular weight is 651 g/mol. The molecule has 0 heterocycles. The smallest absolute Gasteiger partial charge is 0.550 e. The Bertz CT molecular complexity index is 537. The third kappa shape index (κ3) is 66.5. The largest absolute Gasteiger partial charge is 2.00 e. The molecule has 0 aliphatic carbocycles. The maximum absolute atomic E-state index is 10.2. The zero-order valence-corrected chi connectivity index (χ0v) is 31.7. The van der Waals surface area contributed by atoms with Crippen LogP contribution in [0.4, 0.5) is 0 Å². The first-order valence-electron chi connectivity index (χ1n) is 18.9. The van der Waals surface area contributed by atoms with Crippen LogP contribution in [0.1, 0.15) is 226 Å². The van der Waals surface area contributed by atoms with Gasteiger partial charge in [0, 0.05) is 18.9 Å². The summed E-state index contributed by atoms with van der Waals surface area (Å²) < 4.78 is 0. The van der Waals surface area contributed by atoms with E-state index in [9.17, 15) is 19.8 Å². The van der Waals surface area contributed by atoms with Crippen LogP contribution < -0.4 is 10.2 Å². The molecule has 0 atom stereocenters. The number of rotatable bonds is 32. The van der Waals surface area contributed by atoms with Gasteiger partial charge in [0.05, 0.1) is 0 Å². The first kappa shape index (κ1) is 51.0. The SMILES string of the molecule is CC(=O)O.CCCCCCCCCCCCCCCCCC(=O)[O-].CCCCCCCCCCCCCCCCCC(=O)[O-].[Mg+2]. The van der Waals surface area contributed by atoms with Crippen molar-refractivity contribution in [3.8, 4) is 0 Å². The van der Waals surface area contributed by atoms with Crippen LogP contribution in [0, 0.1) is 0 Å². The van der Waals surface area contributed by atoms with Crippen molar-refractivity contribution >= 4 is 41.0 Å². The molecule has 6 nitrogen and oxygen atoms in total. The van der Waals surface area contributed by atoms with Crippen molar-refractivity contribution < 1.29 is 29.7 Å². The molecular formula is C38H74MgO6. The predicted molar refractivity (Wildman–Crippen MR) is 188 cm³/mol. The van der Waals surface area contributed by atoms with Crippen molar-refractivity contribution in [1.82, 2.24) is 0 Å². The van der Waals surface area contributed by atoms with Crippen LogP contribution in [0.15, 0.2) is 0 Å². The topological polar surface area (TPSA) is 118 Å². The van der Waals surface area contributed by atoms with Gasteiger partial charge in [-0.1, -0.05) is 194 Å². The van der Waals surface area contributed by atoms with Gasteiger partial charge in [-0.3, -0.25) is 4.79 Å². The Morgan fingerprint density at radius 2 is 0.511 bits per heavy atom. The summed E-state index contributed by atoms with van der Waals surface area (Å²) in [6.45, 7) is 5.62. The van der Waals surface area contributed by atoms with Gasteiger partial charge in [0.15, 0.2) is 0 Å². The van der Waals surface area contributed by atoms with Crippen LogP contribution in [-0.4, -0.2) is 46.1 Å². The van der Waals surface area contributed by atoms with Crippen LogP contribution in [-0.2, 0) is 14.4 Å². The second-order valence-corrected chi connectivity index (χ2v) is 12.7. The molecule has 0 unspecified atom stereocenters. The minimum Gasteiger partial charge on any atom is -0.550 e. The van der Waals surface area contributed by atoms with E-state index in [1.165, 1.54) is 167 Å². The van der Waals surface area contributed by atoms with Crippen molar-refractivity contribution in [2.45, 2.75) is 226 Å². The molecule has 0 saturated heterocycles. The maximum Gasteiger partial charge on any atom is 2.00 e. The van der Waals surface area contributed by atoms with Crippen molar-refractivity contribution in [1.29, 1.82) is 0 Å². The summed E-state index contributed by atoms with van der Waals surface area (Å²) in [6.07, 6.45) is 39.7. The summed E-state index contributed by atoms with van der Waals surface area (Å²) in [5.74, 6) is -2.64. The number of carboxylic acid groups (broad SMARTS) is 3. The van der Waals surface area contributed by atoms with Crippen molar-refractivity contribution in [3.63, 3.8) is 0 Å². The number of hydrogen-bond acceptors (Lipinski definition) is 5. The van der Waals surface area contributed by atoms with Gasteiger partial charge in [0.25, 0.3) is 5.97 Å². The fourth-order valence-electron chi connectivity index (χ4n) is 5.28.